The molecular formula is C22H16BrFNO3. The number of rotatable bonds is 4. The van der Waals surface area contributed by atoms with Crippen molar-refractivity contribution in [1.82, 2.24) is 4.98 Å². The maximum atomic E-state index is 14.7. The van der Waals surface area contributed by atoms with Gasteiger partial charge in [-0.2, -0.15) is 0 Å². The van der Waals surface area contributed by atoms with Crippen LogP contribution in [0.2, 0.25) is 0 Å². The van der Waals surface area contributed by atoms with Gasteiger partial charge in [0, 0.05) is 41.4 Å². The van der Waals surface area contributed by atoms with Crippen LogP contribution in [0.4, 0.5) is 4.39 Å². The molecule has 1 aliphatic heterocycles. The minimum Gasteiger partial charge on any atom is -0.492 e. The molecule has 1 radical (unpaired) electrons. The molecule has 0 bridgehead atoms. The second-order valence-electron chi connectivity index (χ2n) is 6.71. The van der Waals surface area contributed by atoms with E-state index in [4.69, 9.17) is 14.2 Å². The minimum atomic E-state index is -0.355. The summed E-state index contributed by atoms with van der Waals surface area (Å²) < 4.78 is 33.0. The smallest absolute Gasteiger partial charge is 0.131 e. The summed E-state index contributed by atoms with van der Waals surface area (Å²) in [4.78, 5) is 4.10. The molecule has 0 amide bonds. The third-order valence-corrected chi connectivity index (χ3v) is 5.40. The Morgan fingerprint density at radius 1 is 1.11 bits per heavy atom. The molecule has 6 heteroatoms. The van der Waals surface area contributed by atoms with E-state index in [1.54, 1.807) is 24.4 Å². The summed E-state index contributed by atoms with van der Waals surface area (Å²) in [7, 11) is 0. The predicted octanol–water partition coefficient (Wildman–Crippen LogP) is 5.79. The molecule has 3 aromatic rings. The second-order valence-corrected chi connectivity index (χ2v) is 7.53. The highest BCUT2D eigenvalue weighted by molar-refractivity contribution is 9.10. The van der Waals surface area contributed by atoms with Gasteiger partial charge in [-0.05, 0) is 53.0 Å². The van der Waals surface area contributed by atoms with Gasteiger partial charge < -0.3 is 14.2 Å². The largest absolute Gasteiger partial charge is 0.492 e. The summed E-state index contributed by atoms with van der Waals surface area (Å²) in [5.74, 6) is 2.50. The van der Waals surface area contributed by atoms with Crippen LogP contribution in [0.3, 0.4) is 0 Å². The average molecular weight is 441 g/mol. The molecule has 2 heterocycles. The van der Waals surface area contributed by atoms with Crippen molar-refractivity contribution in [2.75, 3.05) is 6.61 Å². The molecule has 0 fully saturated rings. The van der Waals surface area contributed by atoms with Crippen LogP contribution in [0.15, 0.2) is 53.3 Å². The Balaban J connectivity index is 1.43. The van der Waals surface area contributed by atoms with Crippen LogP contribution < -0.4 is 14.2 Å². The van der Waals surface area contributed by atoms with Gasteiger partial charge in [0.15, 0.2) is 0 Å². The molecule has 5 rings (SSSR count). The van der Waals surface area contributed by atoms with Crippen molar-refractivity contribution in [3.8, 4) is 23.0 Å². The van der Waals surface area contributed by atoms with Crippen molar-refractivity contribution in [1.29, 1.82) is 0 Å². The number of nitrogens with zero attached hydrogens (tertiary/aromatic N) is 1. The molecule has 1 aromatic heterocycles. The maximum absolute atomic E-state index is 14.7. The van der Waals surface area contributed by atoms with Crippen LogP contribution in [0, 0.1) is 12.2 Å². The van der Waals surface area contributed by atoms with Gasteiger partial charge >= 0.3 is 0 Å². The van der Waals surface area contributed by atoms with E-state index in [0.717, 1.165) is 16.9 Å². The summed E-state index contributed by atoms with van der Waals surface area (Å²) in [6.45, 7) is 0.575. The van der Waals surface area contributed by atoms with E-state index in [-0.39, 0.29) is 11.9 Å². The van der Waals surface area contributed by atoms with Crippen molar-refractivity contribution >= 4 is 15.9 Å². The maximum Gasteiger partial charge on any atom is 0.131 e. The summed E-state index contributed by atoms with van der Waals surface area (Å²) >= 11 is 3.33. The monoisotopic (exact) mass is 440 g/mol. The molecule has 0 saturated carbocycles. The number of benzene rings is 2. The van der Waals surface area contributed by atoms with Crippen molar-refractivity contribution in [3.63, 3.8) is 0 Å². The van der Waals surface area contributed by atoms with E-state index in [1.165, 1.54) is 6.07 Å². The molecular weight excluding hydrogens is 425 g/mol. The van der Waals surface area contributed by atoms with Crippen LogP contribution in [-0.2, 0) is 6.42 Å². The lowest BCUT2D eigenvalue weighted by atomic mass is 10.1. The zero-order valence-corrected chi connectivity index (χ0v) is 16.4. The fourth-order valence-corrected chi connectivity index (χ4v) is 4.04. The first-order chi connectivity index (χ1) is 13.7. The van der Waals surface area contributed by atoms with Crippen molar-refractivity contribution in [2.45, 2.75) is 18.9 Å². The number of fused-ring (bicyclic) bond motifs is 2. The molecule has 1 atom stereocenters. The Morgan fingerprint density at radius 2 is 2.04 bits per heavy atom. The first kappa shape index (κ1) is 17.5. The summed E-state index contributed by atoms with van der Waals surface area (Å²) in [5, 5.41) is 0. The topological polar surface area (TPSA) is 40.6 Å². The normalized spacial score (nSPS) is 17.0. The Bertz CT molecular complexity index is 1060. The zero-order chi connectivity index (χ0) is 19.1. The Morgan fingerprint density at radius 3 is 2.93 bits per heavy atom. The Hall–Kier alpha value is -2.60. The minimum absolute atomic E-state index is 0.272. The molecule has 4 nitrogen and oxygen atoms in total. The molecule has 0 saturated heterocycles. The SMILES string of the molecule is Fc1ccc(Oc2ccnc(Br)c2)c2c1[C@H](Oc1ccc3c(c1)OC[CH]3)CC2. The third-order valence-electron chi connectivity index (χ3n) is 4.97. The number of halogens is 2. The number of hydrogen-bond acceptors (Lipinski definition) is 4. The number of ether oxygens (including phenoxy) is 3. The highest BCUT2D eigenvalue weighted by atomic mass is 79.9. The first-order valence-electron chi connectivity index (χ1n) is 9.05. The van der Waals surface area contributed by atoms with E-state index >= 15 is 0 Å². The predicted molar refractivity (Wildman–Crippen MR) is 105 cm³/mol. The highest BCUT2D eigenvalue weighted by Gasteiger charge is 2.31. The van der Waals surface area contributed by atoms with Gasteiger partial charge in [0.1, 0.15) is 39.5 Å². The second kappa shape index (κ2) is 7.09. The van der Waals surface area contributed by atoms with E-state index < -0.39 is 0 Å². The van der Waals surface area contributed by atoms with Crippen LogP contribution in [0.25, 0.3) is 0 Å². The lowest BCUT2D eigenvalue weighted by Crippen LogP contribution is -2.06. The van der Waals surface area contributed by atoms with E-state index in [1.807, 2.05) is 24.6 Å². The molecule has 0 spiro atoms. The fraction of sp³-hybridized carbons (Fsp3) is 0.182. The van der Waals surface area contributed by atoms with E-state index in [2.05, 4.69) is 20.9 Å². The van der Waals surface area contributed by atoms with Gasteiger partial charge in [-0.15, -0.1) is 0 Å². The highest BCUT2D eigenvalue weighted by Crippen LogP contribution is 2.43. The van der Waals surface area contributed by atoms with Crippen LogP contribution in [0.1, 0.15) is 29.2 Å². The van der Waals surface area contributed by atoms with Crippen LogP contribution in [0.5, 0.6) is 23.0 Å². The fourth-order valence-electron chi connectivity index (χ4n) is 3.70. The van der Waals surface area contributed by atoms with Gasteiger partial charge in [-0.25, -0.2) is 9.37 Å². The van der Waals surface area contributed by atoms with Gasteiger partial charge in [-0.1, -0.05) is 6.07 Å². The molecule has 141 valence electrons. The summed E-state index contributed by atoms with van der Waals surface area (Å²) in [6, 6.07) is 12.4. The lowest BCUT2D eigenvalue weighted by molar-refractivity contribution is 0.202. The van der Waals surface area contributed by atoms with Gasteiger partial charge in [0.25, 0.3) is 0 Å². The lowest BCUT2D eigenvalue weighted by Gasteiger charge is -2.17. The van der Waals surface area contributed by atoms with Crippen LogP contribution >= 0.6 is 15.9 Å². The Kier molecular flexibility index (Phi) is 4.43. The molecule has 2 aromatic carbocycles. The summed E-state index contributed by atoms with van der Waals surface area (Å²) in [6.07, 6.45) is 4.70. The molecule has 1 aliphatic carbocycles. The number of pyridine rings is 1. The van der Waals surface area contributed by atoms with Crippen molar-refractivity contribution in [2.24, 2.45) is 0 Å². The quantitative estimate of drug-likeness (QED) is 0.481. The summed E-state index contributed by atoms with van der Waals surface area (Å²) in [5.41, 5.74) is 2.48. The average Bonchev–Trinajstić information content (AvgIpc) is 3.31. The number of aromatic nitrogens is 1. The first-order valence-corrected chi connectivity index (χ1v) is 9.84. The standard InChI is InChI=1S/C22H16BrFNO3/c23-21-12-15(7-9-25-21)27-18-6-4-17(24)22-16(18)3-5-19(22)28-14-2-1-13-8-10-26-20(13)11-14/h1-2,4,6-9,11-12,19H,3,5,10H2/t19-/m1/s1. The van der Waals surface area contributed by atoms with Gasteiger partial charge in [-0.3, -0.25) is 0 Å². The van der Waals surface area contributed by atoms with Crippen LogP contribution in [-0.4, -0.2) is 11.6 Å². The van der Waals surface area contributed by atoms with E-state index in [0.29, 0.717) is 46.9 Å². The molecule has 0 unspecified atom stereocenters. The third kappa shape index (κ3) is 3.22. The van der Waals surface area contributed by atoms with Crippen molar-refractivity contribution < 1.29 is 18.6 Å². The zero-order valence-electron chi connectivity index (χ0n) is 14.8. The van der Waals surface area contributed by atoms with Gasteiger partial charge in [0.05, 0.1) is 6.61 Å². The molecule has 28 heavy (non-hydrogen) atoms. The van der Waals surface area contributed by atoms with Crippen molar-refractivity contribution in [3.05, 3.63) is 82.2 Å². The molecule has 0 N–H and O–H groups in total. The number of hydrogen-bond donors (Lipinski definition) is 0. The van der Waals surface area contributed by atoms with E-state index in [9.17, 15) is 4.39 Å². The Labute approximate surface area is 170 Å². The van der Waals surface area contributed by atoms with Gasteiger partial charge in [0.2, 0.25) is 0 Å². The molecule has 2 aliphatic rings.